The lowest BCUT2D eigenvalue weighted by Gasteiger charge is -1.94. The number of aldehydes is 2. The Morgan fingerprint density at radius 1 is 1.00 bits per heavy atom. The fraction of sp³-hybridized carbons (Fsp3) is 0.667. The number of hydrogen-bond donors (Lipinski definition) is 1. The van der Waals surface area contributed by atoms with Crippen molar-refractivity contribution >= 4 is 12.6 Å². The van der Waals surface area contributed by atoms with Gasteiger partial charge in [-0.15, -0.1) is 0 Å². The van der Waals surface area contributed by atoms with Gasteiger partial charge in [0.15, 0.2) is 0 Å². The van der Waals surface area contributed by atoms with Crippen molar-refractivity contribution in [3.05, 3.63) is 0 Å². The summed E-state index contributed by atoms with van der Waals surface area (Å²) in [6, 6.07) is 0. The molecule has 0 aromatic carbocycles. The highest BCUT2D eigenvalue weighted by molar-refractivity contribution is 5.50. The topological polar surface area (TPSA) is 46.2 Å². The van der Waals surface area contributed by atoms with E-state index in [0.29, 0.717) is 25.9 Å². The van der Waals surface area contributed by atoms with E-state index < -0.39 is 0 Å². The van der Waals surface area contributed by atoms with Gasteiger partial charge >= 0.3 is 0 Å². The van der Waals surface area contributed by atoms with Crippen LogP contribution in [0.15, 0.2) is 0 Å². The molecule has 0 saturated heterocycles. The predicted molar refractivity (Wildman–Crippen MR) is 34.2 cm³/mol. The Morgan fingerprint density at radius 2 is 1.44 bits per heavy atom. The molecule has 0 rings (SSSR count). The second-order valence-electron chi connectivity index (χ2n) is 1.66. The van der Waals surface area contributed by atoms with E-state index in [9.17, 15) is 9.59 Å². The third-order valence-electron chi connectivity index (χ3n) is 0.878. The molecule has 0 fully saturated rings. The third kappa shape index (κ3) is 7.30. The summed E-state index contributed by atoms with van der Waals surface area (Å²) in [5.41, 5.74) is 0. The first-order chi connectivity index (χ1) is 4.41. The predicted octanol–water partition coefficient (Wildman–Crippen LogP) is -0.246. The molecule has 1 N–H and O–H groups in total. The van der Waals surface area contributed by atoms with Crippen molar-refractivity contribution in [2.24, 2.45) is 0 Å². The van der Waals surface area contributed by atoms with Crippen LogP contribution >= 0.6 is 0 Å². The summed E-state index contributed by atoms with van der Waals surface area (Å²) in [7, 11) is 0. The first-order valence-corrected chi connectivity index (χ1v) is 3.00. The molecule has 9 heavy (non-hydrogen) atoms. The molecule has 0 spiro atoms. The van der Waals surface area contributed by atoms with Gasteiger partial charge in [-0.25, -0.2) is 0 Å². The monoisotopic (exact) mass is 129 g/mol. The molecule has 0 aliphatic carbocycles. The minimum atomic E-state index is 0.527. The van der Waals surface area contributed by atoms with Gasteiger partial charge in [-0.3, -0.25) is 0 Å². The fourth-order valence-corrected chi connectivity index (χ4v) is 0.447. The van der Waals surface area contributed by atoms with Crippen molar-refractivity contribution in [1.82, 2.24) is 5.32 Å². The minimum Gasteiger partial charge on any atom is -0.316 e. The molecule has 0 heterocycles. The lowest BCUT2D eigenvalue weighted by molar-refractivity contribution is -0.108. The Morgan fingerprint density at radius 3 is 1.78 bits per heavy atom. The van der Waals surface area contributed by atoms with Crippen LogP contribution in [0.1, 0.15) is 12.8 Å². The van der Waals surface area contributed by atoms with Crippen LogP contribution < -0.4 is 5.32 Å². The summed E-state index contributed by atoms with van der Waals surface area (Å²) in [5.74, 6) is 0. The van der Waals surface area contributed by atoms with E-state index in [-0.39, 0.29) is 0 Å². The molecule has 0 bridgehead atoms. The minimum absolute atomic E-state index is 0.527. The van der Waals surface area contributed by atoms with Gasteiger partial charge in [0.25, 0.3) is 0 Å². The normalized spacial score (nSPS) is 8.89. The smallest absolute Gasteiger partial charge is 0.121 e. The molecule has 3 nitrogen and oxygen atoms in total. The van der Waals surface area contributed by atoms with Crippen LogP contribution in [0.5, 0.6) is 0 Å². The van der Waals surface area contributed by atoms with E-state index in [0.717, 1.165) is 12.6 Å². The SMILES string of the molecule is O=CCCNCCC=O. The van der Waals surface area contributed by atoms with Crippen molar-refractivity contribution in [1.29, 1.82) is 0 Å². The zero-order valence-corrected chi connectivity index (χ0v) is 5.30. The van der Waals surface area contributed by atoms with Gasteiger partial charge in [0, 0.05) is 25.9 Å². The molecule has 0 amide bonds. The summed E-state index contributed by atoms with van der Waals surface area (Å²) < 4.78 is 0. The highest BCUT2D eigenvalue weighted by atomic mass is 16.1. The Labute approximate surface area is 54.4 Å². The first kappa shape index (κ1) is 8.30. The van der Waals surface area contributed by atoms with E-state index in [2.05, 4.69) is 5.32 Å². The summed E-state index contributed by atoms with van der Waals surface area (Å²) in [6.45, 7) is 1.36. The third-order valence-corrected chi connectivity index (χ3v) is 0.878. The van der Waals surface area contributed by atoms with Crippen LogP contribution in [0.2, 0.25) is 0 Å². The molecule has 0 saturated carbocycles. The second kappa shape index (κ2) is 7.30. The second-order valence-corrected chi connectivity index (χ2v) is 1.66. The van der Waals surface area contributed by atoms with Gasteiger partial charge in [0.2, 0.25) is 0 Å². The zero-order valence-electron chi connectivity index (χ0n) is 5.30. The molecule has 0 radical (unpaired) electrons. The first-order valence-electron chi connectivity index (χ1n) is 3.00. The molecule has 0 aliphatic heterocycles. The van der Waals surface area contributed by atoms with Crippen LogP contribution in [0.25, 0.3) is 0 Å². The summed E-state index contributed by atoms with van der Waals surface area (Å²) >= 11 is 0. The quantitative estimate of drug-likeness (QED) is 0.397. The molecular weight excluding hydrogens is 118 g/mol. The summed E-state index contributed by atoms with van der Waals surface area (Å²) in [4.78, 5) is 19.5. The van der Waals surface area contributed by atoms with Crippen LogP contribution in [0.4, 0.5) is 0 Å². The highest BCUT2D eigenvalue weighted by Crippen LogP contribution is 1.69. The number of carbonyl (C=O) groups excluding carboxylic acids is 2. The lowest BCUT2D eigenvalue weighted by atomic mass is 10.4. The maximum atomic E-state index is 9.73. The zero-order chi connectivity index (χ0) is 6.95. The molecule has 3 heteroatoms. The molecule has 0 aromatic heterocycles. The summed E-state index contributed by atoms with van der Waals surface area (Å²) in [5, 5.41) is 2.92. The van der Waals surface area contributed by atoms with E-state index in [1.54, 1.807) is 0 Å². The Hall–Kier alpha value is -0.700. The molecule has 0 atom stereocenters. The maximum absolute atomic E-state index is 9.73. The van der Waals surface area contributed by atoms with E-state index in [1.165, 1.54) is 0 Å². The van der Waals surface area contributed by atoms with Crippen molar-refractivity contribution < 1.29 is 9.59 Å². The standard InChI is InChI=1S/C6H11NO2/c8-5-1-3-7-4-2-6-9/h5-7H,1-4H2. The highest BCUT2D eigenvalue weighted by Gasteiger charge is 1.83. The van der Waals surface area contributed by atoms with Gasteiger partial charge in [0.1, 0.15) is 12.6 Å². The lowest BCUT2D eigenvalue weighted by Crippen LogP contribution is -2.16. The largest absolute Gasteiger partial charge is 0.316 e. The molecule has 0 aromatic rings. The Bertz CT molecular complexity index is 73.1. The average molecular weight is 129 g/mol. The van der Waals surface area contributed by atoms with Gasteiger partial charge < -0.3 is 14.9 Å². The van der Waals surface area contributed by atoms with Crippen LogP contribution in [-0.2, 0) is 9.59 Å². The van der Waals surface area contributed by atoms with Gasteiger partial charge in [-0.05, 0) is 0 Å². The number of rotatable bonds is 6. The summed E-state index contributed by atoms with van der Waals surface area (Å²) in [6.07, 6.45) is 2.76. The number of nitrogens with one attached hydrogen (secondary N) is 1. The molecule has 52 valence electrons. The van der Waals surface area contributed by atoms with Crippen molar-refractivity contribution in [3.63, 3.8) is 0 Å². The number of hydrogen-bond acceptors (Lipinski definition) is 3. The van der Waals surface area contributed by atoms with Gasteiger partial charge in [-0.1, -0.05) is 0 Å². The van der Waals surface area contributed by atoms with Crippen molar-refractivity contribution in [2.75, 3.05) is 13.1 Å². The fourth-order valence-electron chi connectivity index (χ4n) is 0.447. The van der Waals surface area contributed by atoms with Crippen LogP contribution in [-0.4, -0.2) is 25.7 Å². The van der Waals surface area contributed by atoms with E-state index >= 15 is 0 Å². The Kier molecular flexibility index (Phi) is 6.73. The Balaban J connectivity index is 2.74. The van der Waals surface area contributed by atoms with E-state index in [4.69, 9.17) is 0 Å². The van der Waals surface area contributed by atoms with Crippen LogP contribution in [0, 0.1) is 0 Å². The van der Waals surface area contributed by atoms with Gasteiger partial charge in [-0.2, -0.15) is 0 Å². The molecule has 0 unspecified atom stereocenters. The van der Waals surface area contributed by atoms with Crippen molar-refractivity contribution in [3.8, 4) is 0 Å². The van der Waals surface area contributed by atoms with Crippen LogP contribution in [0.3, 0.4) is 0 Å². The van der Waals surface area contributed by atoms with Crippen molar-refractivity contribution in [2.45, 2.75) is 12.8 Å². The van der Waals surface area contributed by atoms with E-state index in [1.807, 2.05) is 0 Å². The maximum Gasteiger partial charge on any atom is 0.121 e. The van der Waals surface area contributed by atoms with Gasteiger partial charge in [0.05, 0.1) is 0 Å². The average Bonchev–Trinajstić information content (AvgIpc) is 1.89. The molecular formula is C6H11NO2. The number of carbonyl (C=O) groups is 2. The molecule has 0 aliphatic rings.